The number of hydrogen-bond donors (Lipinski definition) is 0. The number of hydrogen-bond acceptors (Lipinski definition) is 3. The number of fused-ring (bicyclic) bond motifs is 4. The van der Waals surface area contributed by atoms with Crippen LogP contribution < -0.4 is 4.74 Å². The first-order valence-electron chi connectivity index (χ1n) is 10.2. The van der Waals surface area contributed by atoms with E-state index in [1.54, 1.807) is 6.07 Å². The molecule has 2 aromatic rings. The van der Waals surface area contributed by atoms with Gasteiger partial charge in [0.05, 0.1) is 6.07 Å². The maximum Gasteiger partial charge on any atom is 0.253 e. The third-order valence-electron chi connectivity index (χ3n) is 6.53. The fourth-order valence-electron chi connectivity index (χ4n) is 4.84. The fraction of sp³-hybridized carbons (Fsp3) is 0.280. The van der Waals surface area contributed by atoms with E-state index < -0.39 is 5.60 Å². The number of ether oxygens (including phenoxy) is 1. The van der Waals surface area contributed by atoms with E-state index in [2.05, 4.69) is 12.1 Å². The van der Waals surface area contributed by atoms with Gasteiger partial charge in [-0.05, 0) is 42.3 Å². The van der Waals surface area contributed by atoms with Gasteiger partial charge >= 0.3 is 0 Å². The molecular formula is C25H21ClN2O2. The lowest BCUT2D eigenvalue weighted by Gasteiger charge is -2.47. The van der Waals surface area contributed by atoms with Crippen molar-refractivity contribution in [3.05, 3.63) is 87.5 Å². The highest BCUT2D eigenvalue weighted by Gasteiger charge is 2.49. The molecule has 150 valence electrons. The monoisotopic (exact) mass is 416 g/mol. The Hall–Kier alpha value is -3.03. The Bertz CT molecular complexity index is 1150. The zero-order chi connectivity index (χ0) is 20.9. The van der Waals surface area contributed by atoms with Crippen LogP contribution in [0.25, 0.3) is 0 Å². The lowest BCUT2D eigenvalue weighted by atomic mass is 9.72. The van der Waals surface area contributed by atoms with Crippen molar-refractivity contribution < 1.29 is 9.53 Å². The lowest BCUT2D eigenvalue weighted by molar-refractivity contribution is 0.0194. The van der Waals surface area contributed by atoms with Gasteiger partial charge in [0.1, 0.15) is 11.4 Å². The van der Waals surface area contributed by atoms with Crippen molar-refractivity contribution in [2.75, 3.05) is 13.1 Å². The molecule has 1 unspecified atom stereocenters. The number of carbonyl (C=O) groups is 1. The van der Waals surface area contributed by atoms with Gasteiger partial charge in [0.25, 0.3) is 5.91 Å². The van der Waals surface area contributed by atoms with E-state index in [1.807, 2.05) is 54.3 Å². The van der Waals surface area contributed by atoms with Gasteiger partial charge < -0.3 is 9.64 Å². The first-order chi connectivity index (χ1) is 14.5. The third-order valence-corrected chi connectivity index (χ3v) is 6.94. The van der Waals surface area contributed by atoms with Gasteiger partial charge in [-0.1, -0.05) is 41.9 Å². The molecule has 2 aromatic carbocycles. The molecule has 4 nitrogen and oxygen atoms in total. The maximum atomic E-state index is 13.0. The third kappa shape index (κ3) is 2.85. The standard InChI is InChI=1S/C25H21ClN2O2/c1-16-6-7-17(14-21(16)26)24(29)28-12-10-25(11-13-28)20-9-8-18(15-27)23(20)19-4-2-3-5-22(19)30-25/h2-9,14,23H,10-13H2,1H3. The fourth-order valence-corrected chi connectivity index (χ4v) is 5.02. The topological polar surface area (TPSA) is 53.3 Å². The molecule has 3 aliphatic rings. The van der Waals surface area contributed by atoms with Crippen LogP contribution in [-0.4, -0.2) is 29.5 Å². The van der Waals surface area contributed by atoms with Crippen molar-refractivity contribution in [1.82, 2.24) is 4.90 Å². The predicted molar refractivity (Wildman–Crippen MR) is 116 cm³/mol. The summed E-state index contributed by atoms with van der Waals surface area (Å²) in [7, 11) is 0. The summed E-state index contributed by atoms with van der Waals surface area (Å²) in [6.07, 6.45) is 5.36. The Morgan fingerprint density at radius 3 is 2.70 bits per heavy atom. The number of amides is 1. The first kappa shape index (κ1) is 19.0. The molecule has 0 aromatic heterocycles. The maximum absolute atomic E-state index is 13.0. The van der Waals surface area contributed by atoms with Gasteiger partial charge in [-0.25, -0.2) is 0 Å². The van der Waals surface area contributed by atoms with Gasteiger partial charge in [-0.2, -0.15) is 5.26 Å². The van der Waals surface area contributed by atoms with Crippen LogP contribution in [-0.2, 0) is 0 Å². The second-order valence-corrected chi connectivity index (χ2v) is 8.59. The van der Waals surface area contributed by atoms with Crippen molar-refractivity contribution in [3.8, 4) is 11.8 Å². The minimum atomic E-state index is -0.476. The molecule has 0 radical (unpaired) electrons. The molecule has 1 fully saturated rings. The van der Waals surface area contributed by atoms with Crippen molar-refractivity contribution in [2.24, 2.45) is 0 Å². The summed E-state index contributed by atoms with van der Waals surface area (Å²) in [5.74, 6) is 0.793. The van der Waals surface area contributed by atoms with E-state index in [1.165, 1.54) is 0 Å². The van der Waals surface area contributed by atoms with Crippen molar-refractivity contribution in [2.45, 2.75) is 31.3 Å². The van der Waals surface area contributed by atoms with E-state index in [0.717, 1.165) is 28.0 Å². The molecule has 1 aliphatic carbocycles. The molecule has 5 heteroatoms. The van der Waals surface area contributed by atoms with Crippen molar-refractivity contribution in [1.29, 1.82) is 5.26 Å². The highest BCUT2D eigenvalue weighted by molar-refractivity contribution is 6.31. The van der Waals surface area contributed by atoms with Gasteiger partial charge in [-0.15, -0.1) is 0 Å². The number of carbonyl (C=O) groups excluding carboxylic acids is 1. The molecule has 5 rings (SSSR count). The average molecular weight is 417 g/mol. The van der Waals surface area contributed by atoms with Crippen LogP contribution in [0.2, 0.25) is 5.02 Å². The average Bonchev–Trinajstić information content (AvgIpc) is 3.21. The number of halogens is 1. The lowest BCUT2D eigenvalue weighted by Crippen LogP contribution is -2.53. The summed E-state index contributed by atoms with van der Waals surface area (Å²) in [4.78, 5) is 14.9. The number of para-hydroxylation sites is 1. The summed E-state index contributed by atoms with van der Waals surface area (Å²) >= 11 is 6.22. The SMILES string of the molecule is Cc1ccc(C(=O)N2CCC3(CC2)Oc2ccccc2C2C(C#N)=CC=C23)cc1Cl. The van der Waals surface area contributed by atoms with Crippen LogP contribution in [0.3, 0.4) is 0 Å². The van der Waals surface area contributed by atoms with Crippen LogP contribution in [0, 0.1) is 18.3 Å². The molecule has 1 spiro atoms. The van der Waals surface area contributed by atoms with Gasteiger partial charge in [0.2, 0.25) is 0 Å². The first-order valence-corrected chi connectivity index (χ1v) is 10.6. The van der Waals surface area contributed by atoms with Gasteiger partial charge in [0.15, 0.2) is 0 Å². The molecular weight excluding hydrogens is 396 g/mol. The van der Waals surface area contributed by atoms with Crippen LogP contribution in [0.5, 0.6) is 5.75 Å². The Balaban J connectivity index is 1.41. The Morgan fingerprint density at radius 1 is 1.20 bits per heavy atom. The number of nitriles is 1. The summed E-state index contributed by atoms with van der Waals surface area (Å²) in [6, 6.07) is 15.8. The molecule has 2 heterocycles. The molecule has 30 heavy (non-hydrogen) atoms. The molecule has 0 N–H and O–H groups in total. The summed E-state index contributed by atoms with van der Waals surface area (Å²) in [5, 5.41) is 10.3. The largest absolute Gasteiger partial charge is 0.482 e. The van der Waals surface area contributed by atoms with E-state index in [9.17, 15) is 10.1 Å². The normalized spacial score (nSPS) is 21.1. The van der Waals surface area contributed by atoms with E-state index in [-0.39, 0.29) is 11.8 Å². The van der Waals surface area contributed by atoms with Gasteiger partial charge in [-0.3, -0.25) is 4.79 Å². The minimum absolute atomic E-state index is 0.00394. The predicted octanol–water partition coefficient (Wildman–Crippen LogP) is 5.19. The number of piperidine rings is 1. The number of aryl methyl sites for hydroxylation is 1. The smallest absolute Gasteiger partial charge is 0.253 e. The van der Waals surface area contributed by atoms with E-state index in [4.69, 9.17) is 16.3 Å². The van der Waals surface area contributed by atoms with Gasteiger partial charge in [0, 0.05) is 53.6 Å². The number of rotatable bonds is 1. The Labute approximate surface area is 181 Å². The zero-order valence-corrected chi connectivity index (χ0v) is 17.4. The number of allylic oxidation sites excluding steroid dienone is 3. The van der Waals surface area contributed by atoms with Crippen molar-refractivity contribution in [3.63, 3.8) is 0 Å². The van der Waals surface area contributed by atoms with Crippen LogP contribution in [0.4, 0.5) is 0 Å². The van der Waals surface area contributed by atoms with E-state index >= 15 is 0 Å². The molecule has 1 saturated heterocycles. The highest BCUT2D eigenvalue weighted by Crippen LogP contribution is 2.53. The van der Waals surface area contributed by atoms with Crippen LogP contribution in [0.1, 0.15) is 40.2 Å². The summed E-state index contributed by atoms with van der Waals surface area (Å²) in [5.41, 5.74) is 4.04. The van der Waals surface area contributed by atoms with Crippen molar-refractivity contribution >= 4 is 17.5 Å². The number of benzene rings is 2. The number of likely N-dealkylation sites (tertiary alicyclic amines) is 1. The van der Waals surface area contributed by atoms with Crippen LogP contribution in [0.15, 0.2) is 65.8 Å². The minimum Gasteiger partial charge on any atom is -0.482 e. The number of nitrogens with zero attached hydrogens (tertiary/aromatic N) is 2. The quantitative estimate of drug-likeness (QED) is 0.642. The second-order valence-electron chi connectivity index (χ2n) is 8.18. The van der Waals surface area contributed by atoms with Crippen LogP contribution >= 0.6 is 11.6 Å². The molecule has 2 aliphatic heterocycles. The highest BCUT2D eigenvalue weighted by atomic mass is 35.5. The summed E-state index contributed by atoms with van der Waals surface area (Å²) in [6.45, 7) is 3.12. The Morgan fingerprint density at radius 2 is 1.97 bits per heavy atom. The van der Waals surface area contributed by atoms with E-state index in [0.29, 0.717) is 36.5 Å². The summed E-state index contributed by atoms with van der Waals surface area (Å²) < 4.78 is 6.57. The molecule has 0 bridgehead atoms. The second kappa shape index (κ2) is 7.04. The molecule has 1 amide bonds. The molecule has 0 saturated carbocycles. The zero-order valence-electron chi connectivity index (χ0n) is 16.7. The Kier molecular flexibility index (Phi) is 4.45. The molecule has 1 atom stereocenters.